The van der Waals surface area contributed by atoms with Gasteiger partial charge < -0.3 is 25.1 Å². The summed E-state index contributed by atoms with van der Waals surface area (Å²) in [4.78, 5) is 10.2. The van der Waals surface area contributed by atoms with E-state index in [1.54, 1.807) is 12.2 Å². The maximum absolute atomic E-state index is 10.2. The summed E-state index contributed by atoms with van der Waals surface area (Å²) < 4.78 is 5.15. The SMILES string of the molecule is C[C@@]1(O)CCOC[C@H]1[NH2+]CC(=O)[O-]. The lowest BCUT2D eigenvalue weighted by Gasteiger charge is -2.34. The second-order valence-corrected chi connectivity index (χ2v) is 3.60. The molecule has 0 aliphatic carbocycles. The van der Waals surface area contributed by atoms with Gasteiger partial charge >= 0.3 is 0 Å². The summed E-state index contributed by atoms with van der Waals surface area (Å²) >= 11 is 0. The maximum atomic E-state index is 10.2. The number of carboxylic acid groups (broad SMARTS) is 1. The highest BCUT2D eigenvalue weighted by molar-refractivity contribution is 5.64. The largest absolute Gasteiger partial charge is 0.544 e. The Balaban J connectivity index is 2.41. The molecule has 5 heteroatoms. The van der Waals surface area contributed by atoms with Crippen molar-refractivity contribution in [3.05, 3.63) is 0 Å². The molecule has 0 aromatic carbocycles. The van der Waals surface area contributed by atoms with E-state index in [1.807, 2.05) is 0 Å². The van der Waals surface area contributed by atoms with Crippen molar-refractivity contribution in [1.82, 2.24) is 0 Å². The number of nitrogens with two attached hydrogens (primary N) is 1. The van der Waals surface area contributed by atoms with Crippen LogP contribution in [0.15, 0.2) is 0 Å². The third-order valence-corrected chi connectivity index (χ3v) is 2.42. The number of hydrogen-bond acceptors (Lipinski definition) is 4. The smallest absolute Gasteiger partial charge is 0.139 e. The van der Waals surface area contributed by atoms with Gasteiger partial charge in [-0.2, -0.15) is 0 Å². The van der Waals surface area contributed by atoms with Crippen LogP contribution in [0, 0.1) is 0 Å². The van der Waals surface area contributed by atoms with Gasteiger partial charge in [-0.25, -0.2) is 0 Å². The first-order valence-corrected chi connectivity index (χ1v) is 4.35. The lowest BCUT2D eigenvalue weighted by atomic mass is 9.91. The molecule has 1 saturated heterocycles. The van der Waals surface area contributed by atoms with E-state index in [4.69, 9.17) is 4.74 Å². The van der Waals surface area contributed by atoms with Crippen LogP contribution in [0.4, 0.5) is 0 Å². The van der Waals surface area contributed by atoms with Gasteiger partial charge in [-0.15, -0.1) is 0 Å². The Kier molecular flexibility index (Phi) is 3.24. The van der Waals surface area contributed by atoms with Crippen LogP contribution >= 0.6 is 0 Å². The summed E-state index contributed by atoms with van der Waals surface area (Å²) in [6.07, 6.45) is 0.543. The molecule has 2 atom stereocenters. The van der Waals surface area contributed by atoms with E-state index >= 15 is 0 Å². The third kappa shape index (κ3) is 2.95. The van der Waals surface area contributed by atoms with Crippen LogP contribution in [0.2, 0.25) is 0 Å². The van der Waals surface area contributed by atoms with Crippen molar-refractivity contribution in [2.45, 2.75) is 25.0 Å². The molecule has 0 aromatic heterocycles. The minimum Gasteiger partial charge on any atom is -0.544 e. The second kappa shape index (κ2) is 4.04. The summed E-state index contributed by atoms with van der Waals surface area (Å²) in [7, 11) is 0. The van der Waals surface area contributed by atoms with E-state index in [2.05, 4.69) is 0 Å². The quantitative estimate of drug-likeness (QED) is 0.490. The predicted octanol–water partition coefficient (Wildman–Crippen LogP) is -3.16. The predicted molar refractivity (Wildman–Crippen MR) is 41.6 cm³/mol. The molecular formula is C8H15NO4. The molecule has 1 aliphatic heterocycles. The third-order valence-electron chi connectivity index (χ3n) is 2.42. The molecule has 1 rings (SSSR count). The molecule has 5 nitrogen and oxygen atoms in total. The van der Waals surface area contributed by atoms with Gasteiger partial charge in [0, 0.05) is 13.0 Å². The van der Waals surface area contributed by atoms with Gasteiger partial charge in [0.05, 0.1) is 5.97 Å². The lowest BCUT2D eigenvalue weighted by Crippen LogP contribution is -2.97. The zero-order valence-corrected chi connectivity index (χ0v) is 7.66. The van der Waals surface area contributed by atoms with E-state index in [0.29, 0.717) is 19.6 Å². The van der Waals surface area contributed by atoms with Gasteiger partial charge in [0.2, 0.25) is 0 Å². The summed E-state index contributed by atoms with van der Waals surface area (Å²) in [5.41, 5.74) is -0.840. The molecule has 0 unspecified atom stereocenters. The van der Waals surface area contributed by atoms with Crippen molar-refractivity contribution < 1.29 is 25.1 Å². The van der Waals surface area contributed by atoms with Crippen LogP contribution < -0.4 is 10.4 Å². The molecule has 1 heterocycles. The highest BCUT2D eigenvalue weighted by Gasteiger charge is 2.37. The monoisotopic (exact) mass is 189 g/mol. The highest BCUT2D eigenvalue weighted by atomic mass is 16.5. The molecular weight excluding hydrogens is 174 g/mol. The average Bonchev–Trinajstić information content (AvgIpc) is 2.01. The molecule has 1 aliphatic rings. The van der Waals surface area contributed by atoms with Crippen molar-refractivity contribution in [2.24, 2.45) is 0 Å². The molecule has 0 bridgehead atoms. The summed E-state index contributed by atoms with van der Waals surface area (Å²) in [6.45, 7) is 2.49. The number of hydrogen-bond donors (Lipinski definition) is 2. The second-order valence-electron chi connectivity index (χ2n) is 3.60. The standard InChI is InChI=1S/C8H15NO4/c1-8(12)2-3-13-5-6(8)9-4-7(10)11/h6,9,12H,2-5H2,1H3,(H,10,11)/t6-,8-/m1/s1. The molecule has 3 N–H and O–H groups in total. The van der Waals surface area contributed by atoms with Crippen molar-refractivity contribution in [2.75, 3.05) is 19.8 Å². The van der Waals surface area contributed by atoms with E-state index in [0.717, 1.165) is 0 Å². The minimum atomic E-state index is -1.12. The lowest BCUT2D eigenvalue weighted by molar-refractivity contribution is -0.702. The summed E-state index contributed by atoms with van der Waals surface area (Å²) in [5, 5.41) is 21.6. The average molecular weight is 189 g/mol. The number of rotatable bonds is 3. The number of carbonyl (C=O) groups is 1. The van der Waals surface area contributed by atoms with Gasteiger partial charge in [-0.05, 0) is 6.92 Å². The number of aliphatic hydroxyl groups is 1. The number of quaternary nitrogens is 1. The van der Waals surface area contributed by atoms with Gasteiger partial charge in [0.25, 0.3) is 0 Å². The van der Waals surface area contributed by atoms with Crippen LogP contribution in [-0.4, -0.2) is 42.5 Å². The van der Waals surface area contributed by atoms with Crippen molar-refractivity contribution in [1.29, 1.82) is 0 Å². The Morgan fingerprint density at radius 1 is 1.85 bits per heavy atom. The van der Waals surface area contributed by atoms with E-state index in [1.165, 1.54) is 0 Å². The Labute approximate surface area is 76.7 Å². The summed E-state index contributed by atoms with van der Waals surface area (Å²) in [5.74, 6) is -1.12. The Morgan fingerprint density at radius 2 is 2.54 bits per heavy atom. The highest BCUT2D eigenvalue weighted by Crippen LogP contribution is 2.17. The van der Waals surface area contributed by atoms with Gasteiger partial charge in [-0.3, -0.25) is 0 Å². The zero-order chi connectivity index (χ0) is 9.90. The van der Waals surface area contributed by atoms with Crippen LogP contribution in [0.1, 0.15) is 13.3 Å². The minimum absolute atomic E-state index is 0.135. The van der Waals surface area contributed by atoms with Crippen molar-refractivity contribution in [3.8, 4) is 0 Å². The fourth-order valence-corrected chi connectivity index (χ4v) is 1.41. The topological polar surface area (TPSA) is 86.2 Å². The number of carbonyl (C=O) groups excluding carboxylic acids is 1. The first-order valence-electron chi connectivity index (χ1n) is 4.35. The number of aliphatic carboxylic acids is 1. The molecule has 76 valence electrons. The van der Waals surface area contributed by atoms with Gasteiger partial charge in [-0.1, -0.05) is 0 Å². The van der Waals surface area contributed by atoms with E-state index < -0.39 is 11.6 Å². The summed E-state index contributed by atoms with van der Waals surface area (Å²) in [6, 6.07) is -0.209. The first kappa shape index (κ1) is 10.4. The fourth-order valence-electron chi connectivity index (χ4n) is 1.41. The molecule has 0 spiro atoms. The molecule has 0 radical (unpaired) electrons. The van der Waals surface area contributed by atoms with Crippen molar-refractivity contribution >= 4 is 5.97 Å². The number of ether oxygens (including phenoxy) is 1. The Morgan fingerprint density at radius 3 is 3.08 bits per heavy atom. The molecule has 0 saturated carbocycles. The molecule has 1 fully saturated rings. The number of carboxylic acids is 1. The van der Waals surface area contributed by atoms with Crippen molar-refractivity contribution in [3.63, 3.8) is 0 Å². The van der Waals surface area contributed by atoms with Crippen LogP contribution in [0.5, 0.6) is 0 Å². The first-order chi connectivity index (χ1) is 6.02. The van der Waals surface area contributed by atoms with Gasteiger partial charge in [0.15, 0.2) is 0 Å². The zero-order valence-electron chi connectivity index (χ0n) is 7.66. The Bertz CT molecular complexity index is 193. The van der Waals surface area contributed by atoms with E-state index in [9.17, 15) is 15.0 Å². The Hall–Kier alpha value is -0.650. The van der Waals surface area contributed by atoms with Crippen LogP contribution in [-0.2, 0) is 9.53 Å². The van der Waals surface area contributed by atoms with Crippen LogP contribution in [0.3, 0.4) is 0 Å². The van der Waals surface area contributed by atoms with Gasteiger partial charge in [0.1, 0.15) is 24.8 Å². The molecule has 13 heavy (non-hydrogen) atoms. The molecule has 0 amide bonds. The normalized spacial score (nSPS) is 34.5. The van der Waals surface area contributed by atoms with Crippen LogP contribution in [0.25, 0.3) is 0 Å². The maximum Gasteiger partial charge on any atom is 0.139 e. The molecule has 0 aromatic rings. The fraction of sp³-hybridized carbons (Fsp3) is 0.875. The van der Waals surface area contributed by atoms with E-state index in [-0.39, 0.29) is 12.6 Å².